The molecular formula is C18H15ClN4O3. The average Bonchev–Trinajstić information content (AvgIpc) is 3.17. The van der Waals surface area contributed by atoms with Crippen molar-refractivity contribution in [2.24, 2.45) is 5.92 Å². The molecule has 1 aromatic carbocycles. The predicted molar refractivity (Wildman–Crippen MR) is 94.6 cm³/mol. The number of amides is 2. The molecule has 0 spiro atoms. The van der Waals surface area contributed by atoms with E-state index in [1.54, 1.807) is 47.3 Å². The Bertz CT molecular complexity index is 961. The van der Waals surface area contributed by atoms with Crippen molar-refractivity contribution in [3.8, 4) is 17.1 Å². The molecule has 26 heavy (non-hydrogen) atoms. The van der Waals surface area contributed by atoms with Gasteiger partial charge in [-0.15, -0.1) is 0 Å². The summed E-state index contributed by atoms with van der Waals surface area (Å²) < 4.78 is 7.02. The number of carbonyl (C=O) groups excluding carboxylic acids is 2. The number of nitrogens with one attached hydrogen (secondary N) is 2. The predicted octanol–water partition coefficient (Wildman–Crippen LogP) is 2.96. The Kier molecular flexibility index (Phi) is 4.22. The minimum atomic E-state index is -0.507. The van der Waals surface area contributed by atoms with Crippen LogP contribution < -0.4 is 10.9 Å². The van der Waals surface area contributed by atoms with Crippen LogP contribution in [0, 0.1) is 5.92 Å². The summed E-state index contributed by atoms with van der Waals surface area (Å²) in [7, 11) is 0. The molecule has 1 saturated carbocycles. The van der Waals surface area contributed by atoms with E-state index in [-0.39, 0.29) is 17.5 Å². The summed E-state index contributed by atoms with van der Waals surface area (Å²) >= 11 is 6.07. The largest absolute Gasteiger partial charge is 0.463 e. The lowest BCUT2D eigenvalue weighted by Crippen LogP contribution is -2.42. The second kappa shape index (κ2) is 6.68. The molecule has 1 aliphatic carbocycles. The number of furan rings is 1. The van der Waals surface area contributed by atoms with E-state index in [9.17, 15) is 9.59 Å². The third kappa shape index (κ3) is 3.34. The second-order valence-electron chi connectivity index (χ2n) is 6.00. The first-order valence-electron chi connectivity index (χ1n) is 8.12. The molecule has 8 heteroatoms. The zero-order valence-corrected chi connectivity index (χ0v) is 14.4. The van der Waals surface area contributed by atoms with Gasteiger partial charge in [-0.25, -0.2) is 4.68 Å². The van der Waals surface area contributed by atoms with Gasteiger partial charge in [-0.05, 0) is 43.2 Å². The third-order valence-corrected chi connectivity index (χ3v) is 4.25. The topological polar surface area (TPSA) is 89.2 Å². The monoisotopic (exact) mass is 370 g/mol. The quantitative estimate of drug-likeness (QED) is 0.691. The molecule has 0 radical (unpaired) electrons. The van der Waals surface area contributed by atoms with Gasteiger partial charge in [0.2, 0.25) is 5.91 Å². The van der Waals surface area contributed by atoms with Gasteiger partial charge in [-0.2, -0.15) is 5.10 Å². The van der Waals surface area contributed by atoms with Crippen LogP contribution in [0.3, 0.4) is 0 Å². The molecular weight excluding hydrogens is 356 g/mol. The minimum Gasteiger partial charge on any atom is -0.463 e. The highest BCUT2D eigenvalue weighted by atomic mass is 35.5. The number of hydrogen-bond acceptors (Lipinski definition) is 4. The van der Waals surface area contributed by atoms with Crippen LogP contribution in [0.15, 0.2) is 53.1 Å². The van der Waals surface area contributed by atoms with Gasteiger partial charge in [0.15, 0.2) is 11.5 Å². The molecule has 3 aromatic rings. The lowest BCUT2D eigenvalue weighted by atomic mass is 10.2. The molecule has 2 aromatic heterocycles. The van der Waals surface area contributed by atoms with E-state index in [0.29, 0.717) is 22.2 Å². The van der Waals surface area contributed by atoms with Gasteiger partial charge in [0.25, 0.3) is 5.91 Å². The van der Waals surface area contributed by atoms with Gasteiger partial charge >= 0.3 is 0 Å². The molecule has 2 amide bonds. The number of aromatic nitrogens is 2. The summed E-state index contributed by atoms with van der Waals surface area (Å²) in [5, 5.41) is 4.90. The van der Waals surface area contributed by atoms with Crippen LogP contribution >= 0.6 is 11.6 Å². The molecule has 4 rings (SSSR count). The van der Waals surface area contributed by atoms with Gasteiger partial charge in [-0.3, -0.25) is 20.4 Å². The number of rotatable bonds is 4. The van der Waals surface area contributed by atoms with Crippen molar-refractivity contribution < 1.29 is 14.0 Å². The maximum absolute atomic E-state index is 12.4. The van der Waals surface area contributed by atoms with Crippen molar-refractivity contribution in [2.75, 3.05) is 0 Å². The zero-order valence-electron chi connectivity index (χ0n) is 13.6. The first-order valence-corrected chi connectivity index (χ1v) is 8.50. The maximum atomic E-state index is 12.4. The summed E-state index contributed by atoms with van der Waals surface area (Å²) in [5.41, 5.74) is 6.25. The lowest BCUT2D eigenvalue weighted by Gasteiger charge is -2.06. The Labute approximate surface area is 153 Å². The second-order valence-corrected chi connectivity index (χ2v) is 6.44. The van der Waals surface area contributed by atoms with E-state index in [1.165, 1.54) is 0 Å². The SMILES string of the molecule is O=C(NNC(=O)C1CC1)c1cc(-c2ccco2)n(-c2cccc(Cl)c2)n1. The average molecular weight is 371 g/mol. The molecule has 0 aliphatic heterocycles. The Morgan fingerprint density at radius 2 is 2.00 bits per heavy atom. The van der Waals surface area contributed by atoms with Crippen molar-refractivity contribution in [3.05, 3.63) is 59.4 Å². The Morgan fingerprint density at radius 3 is 2.69 bits per heavy atom. The highest BCUT2D eigenvalue weighted by Crippen LogP contribution is 2.28. The summed E-state index contributed by atoms with van der Waals surface area (Å²) in [5.74, 6) is -0.136. The Balaban J connectivity index is 1.64. The summed E-state index contributed by atoms with van der Waals surface area (Å²) in [6, 6.07) is 12.2. The van der Waals surface area contributed by atoms with E-state index in [1.807, 2.05) is 6.07 Å². The van der Waals surface area contributed by atoms with Crippen molar-refractivity contribution >= 4 is 23.4 Å². The minimum absolute atomic E-state index is 0.00185. The maximum Gasteiger partial charge on any atom is 0.290 e. The number of hydrogen-bond donors (Lipinski definition) is 2. The highest BCUT2D eigenvalue weighted by Gasteiger charge is 2.30. The molecule has 0 unspecified atom stereocenters. The van der Waals surface area contributed by atoms with Crippen molar-refractivity contribution in [3.63, 3.8) is 0 Å². The highest BCUT2D eigenvalue weighted by molar-refractivity contribution is 6.30. The third-order valence-electron chi connectivity index (χ3n) is 4.02. The first kappa shape index (κ1) is 16.4. The first-order chi connectivity index (χ1) is 12.6. The van der Waals surface area contributed by atoms with E-state index in [0.717, 1.165) is 12.8 Å². The van der Waals surface area contributed by atoms with Crippen molar-refractivity contribution in [1.82, 2.24) is 20.6 Å². The van der Waals surface area contributed by atoms with E-state index < -0.39 is 5.91 Å². The number of hydrazine groups is 1. The van der Waals surface area contributed by atoms with Gasteiger partial charge in [0, 0.05) is 17.0 Å². The van der Waals surface area contributed by atoms with Gasteiger partial charge in [0.1, 0.15) is 5.69 Å². The van der Waals surface area contributed by atoms with E-state index in [4.69, 9.17) is 16.0 Å². The number of halogens is 1. The van der Waals surface area contributed by atoms with E-state index in [2.05, 4.69) is 16.0 Å². The normalized spacial score (nSPS) is 13.4. The molecule has 1 aliphatic rings. The molecule has 7 nitrogen and oxygen atoms in total. The van der Waals surface area contributed by atoms with Crippen molar-refractivity contribution in [1.29, 1.82) is 0 Å². The molecule has 0 saturated heterocycles. The summed E-state index contributed by atoms with van der Waals surface area (Å²) in [6.45, 7) is 0. The summed E-state index contributed by atoms with van der Waals surface area (Å²) in [6.07, 6.45) is 3.25. The van der Waals surface area contributed by atoms with Gasteiger partial charge < -0.3 is 4.42 Å². The fraction of sp³-hybridized carbons (Fsp3) is 0.167. The fourth-order valence-corrected chi connectivity index (χ4v) is 2.71. The van der Waals surface area contributed by atoms with Crippen LogP contribution in [0.25, 0.3) is 17.1 Å². The standard InChI is InChI=1S/C18H15ClN4O3/c19-12-3-1-4-13(9-12)23-15(16-5-2-8-26-16)10-14(22-23)18(25)21-20-17(24)11-6-7-11/h1-5,8-11H,6-7H2,(H,20,24)(H,21,25). The molecule has 0 bridgehead atoms. The summed E-state index contributed by atoms with van der Waals surface area (Å²) in [4.78, 5) is 24.0. The van der Waals surface area contributed by atoms with Crippen LogP contribution in [-0.2, 0) is 4.79 Å². The van der Waals surface area contributed by atoms with Gasteiger partial charge in [0.05, 0.1) is 12.0 Å². The van der Waals surface area contributed by atoms with Crippen LogP contribution in [0.1, 0.15) is 23.3 Å². The van der Waals surface area contributed by atoms with Crippen molar-refractivity contribution in [2.45, 2.75) is 12.8 Å². The van der Waals surface area contributed by atoms with E-state index >= 15 is 0 Å². The number of nitrogens with zero attached hydrogens (tertiary/aromatic N) is 2. The molecule has 1 fully saturated rings. The molecule has 2 heterocycles. The van der Waals surface area contributed by atoms with Crippen LogP contribution in [0.2, 0.25) is 5.02 Å². The van der Waals surface area contributed by atoms with Gasteiger partial charge in [-0.1, -0.05) is 17.7 Å². The zero-order chi connectivity index (χ0) is 18.1. The fourth-order valence-electron chi connectivity index (χ4n) is 2.53. The number of benzene rings is 1. The number of carbonyl (C=O) groups is 2. The lowest BCUT2D eigenvalue weighted by molar-refractivity contribution is -0.123. The Morgan fingerprint density at radius 1 is 1.15 bits per heavy atom. The van der Waals surface area contributed by atoms with Crippen LogP contribution in [-0.4, -0.2) is 21.6 Å². The Hall–Kier alpha value is -3.06. The van der Waals surface area contributed by atoms with Crippen LogP contribution in [0.5, 0.6) is 0 Å². The molecule has 132 valence electrons. The molecule has 0 atom stereocenters. The van der Waals surface area contributed by atoms with Crippen LogP contribution in [0.4, 0.5) is 0 Å². The molecule has 2 N–H and O–H groups in total. The smallest absolute Gasteiger partial charge is 0.290 e.